The van der Waals surface area contributed by atoms with Crippen molar-refractivity contribution in [3.05, 3.63) is 36.3 Å². The lowest BCUT2D eigenvalue weighted by atomic mass is 9.47. The van der Waals surface area contributed by atoms with Crippen molar-refractivity contribution < 1.29 is 9.59 Å². The van der Waals surface area contributed by atoms with Gasteiger partial charge in [-0.15, -0.1) is 0 Å². The summed E-state index contributed by atoms with van der Waals surface area (Å²) in [6.45, 7) is 3.95. The summed E-state index contributed by atoms with van der Waals surface area (Å²) in [7, 11) is 0. The summed E-state index contributed by atoms with van der Waals surface area (Å²) in [6, 6.07) is 4.03. The van der Waals surface area contributed by atoms with E-state index in [9.17, 15) is 9.59 Å². The van der Waals surface area contributed by atoms with Gasteiger partial charge in [-0.2, -0.15) is 15.5 Å². The predicted molar refractivity (Wildman–Crippen MR) is 125 cm³/mol. The third-order valence-electron chi connectivity index (χ3n) is 8.03. The van der Waals surface area contributed by atoms with Crippen LogP contribution in [0.25, 0.3) is 12.0 Å². The second kappa shape index (κ2) is 8.12. The van der Waals surface area contributed by atoms with Crippen molar-refractivity contribution in [1.29, 1.82) is 5.26 Å². The zero-order chi connectivity index (χ0) is 24.1. The summed E-state index contributed by atoms with van der Waals surface area (Å²) < 4.78 is 3.25. The molecular formula is C25H31N7O2. The maximum absolute atomic E-state index is 13.5. The molecule has 4 bridgehead atoms. The Hall–Kier alpha value is -3.41. The molecule has 9 heteroatoms. The molecule has 4 aliphatic carbocycles. The molecule has 2 unspecified atom stereocenters. The molecule has 2 amide bonds. The molecule has 4 saturated carbocycles. The van der Waals surface area contributed by atoms with Gasteiger partial charge in [0.15, 0.2) is 5.82 Å². The minimum absolute atomic E-state index is 0.0375. The molecule has 2 aromatic heterocycles. The van der Waals surface area contributed by atoms with Crippen molar-refractivity contribution in [3.63, 3.8) is 0 Å². The third kappa shape index (κ3) is 3.81. The lowest BCUT2D eigenvalue weighted by Gasteiger charge is -2.58. The molecule has 4 fully saturated rings. The molecule has 0 spiro atoms. The van der Waals surface area contributed by atoms with Crippen LogP contribution in [0.4, 0.5) is 0 Å². The van der Waals surface area contributed by atoms with E-state index in [0.717, 1.165) is 32.1 Å². The molecule has 4 aliphatic rings. The lowest BCUT2D eigenvalue weighted by Crippen LogP contribution is -2.62. The summed E-state index contributed by atoms with van der Waals surface area (Å²) >= 11 is 0. The van der Waals surface area contributed by atoms with Gasteiger partial charge in [0.25, 0.3) is 5.91 Å². The average molecular weight is 462 g/mol. The summed E-state index contributed by atoms with van der Waals surface area (Å²) in [5.74, 6) is 1.26. The summed E-state index contributed by atoms with van der Waals surface area (Å²) in [5.41, 5.74) is 5.53. The number of nitrogens with one attached hydrogen (secondary N) is 1. The summed E-state index contributed by atoms with van der Waals surface area (Å²) in [5, 5.41) is 21.1. The van der Waals surface area contributed by atoms with Crippen LogP contribution in [0.15, 0.2) is 30.7 Å². The van der Waals surface area contributed by atoms with E-state index in [1.165, 1.54) is 0 Å². The summed E-state index contributed by atoms with van der Waals surface area (Å²) in [4.78, 5) is 25.8. The molecule has 0 saturated heterocycles. The van der Waals surface area contributed by atoms with Crippen molar-refractivity contribution in [3.8, 4) is 11.9 Å². The number of hydrogen-bond donors (Lipinski definition) is 2. The normalized spacial score (nSPS) is 29.9. The fourth-order valence-corrected chi connectivity index (χ4v) is 6.57. The Bertz CT molecular complexity index is 1150. The maximum Gasteiger partial charge on any atom is 0.257 e. The van der Waals surface area contributed by atoms with Gasteiger partial charge < -0.3 is 11.1 Å². The zero-order valence-corrected chi connectivity index (χ0v) is 19.6. The monoisotopic (exact) mass is 461 g/mol. The fraction of sp³-hybridized carbons (Fsp3) is 0.560. The quantitative estimate of drug-likeness (QED) is 0.654. The van der Waals surface area contributed by atoms with Gasteiger partial charge in [-0.25, -0.2) is 9.36 Å². The highest BCUT2D eigenvalue weighted by atomic mass is 16.2. The van der Waals surface area contributed by atoms with E-state index in [1.807, 2.05) is 19.9 Å². The Labute approximate surface area is 199 Å². The zero-order valence-electron chi connectivity index (χ0n) is 19.6. The summed E-state index contributed by atoms with van der Waals surface area (Å²) in [6.07, 6.45) is 13.6. The predicted octanol–water partition coefficient (Wildman–Crippen LogP) is 2.89. The molecule has 9 nitrogen and oxygen atoms in total. The molecule has 2 heterocycles. The standard InChI is InChI=1S/C25H31N7O2/c1-24(2,4-6-26)5-9-32-22(31-8-3-7-28-31)19(15-29-32)21(33)30-20-17-10-16-11-18(20)14-25(12-16,13-17)23(27)34/h3,5,7-9,15-18,20H,4,10-14H2,1-2H3,(H2,27,34)(H,30,33). The van der Waals surface area contributed by atoms with Crippen LogP contribution in [0.5, 0.6) is 0 Å². The van der Waals surface area contributed by atoms with E-state index < -0.39 is 0 Å². The molecule has 2 atom stereocenters. The van der Waals surface area contributed by atoms with Crippen LogP contribution in [0, 0.1) is 39.9 Å². The average Bonchev–Trinajstić information content (AvgIpc) is 3.43. The minimum atomic E-state index is -0.385. The number of allylic oxidation sites excluding steroid dienone is 1. The van der Waals surface area contributed by atoms with Gasteiger partial charge in [0.2, 0.25) is 5.91 Å². The molecule has 178 valence electrons. The molecule has 34 heavy (non-hydrogen) atoms. The first-order valence-electron chi connectivity index (χ1n) is 12.0. The van der Waals surface area contributed by atoms with Crippen LogP contribution in [0.1, 0.15) is 62.7 Å². The minimum Gasteiger partial charge on any atom is -0.369 e. The first-order valence-corrected chi connectivity index (χ1v) is 12.0. The number of hydrogen-bond acceptors (Lipinski definition) is 5. The van der Waals surface area contributed by atoms with E-state index in [2.05, 4.69) is 21.6 Å². The third-order valence-corrected chi connectivity index (χ3v) is 8.03. The van der Waals surface area contributed by atoms with Gasteiger partial charge in [-0.05, 0) is 61.3 Å². The smallest absolute Gasteiger partial charge is 0.257 e. The van der Waals surface area contributed by atoms with E-state index >= 15 is 0 Å². The SMILES string of the molecule is CC(C)(C=Cn1ncc(C(=O)NC2C3CC4CC2CC(C(N)=O)(C4)C3)c1-n1cccn1)CC#N. The number of nitrogens with two attached hydrogens (primary N) is 1. The van der Waals surface area contributed by atoms with Gasteiger partial charge in [-0.3, -0.25) is 9.59 Å². The van der Waals surface area contributed by atoms with Gasteiger partial charge in [0, 0.05) is 36.5 Å². The van der Waals surface area contributed by atoms with Crippen molar-refractivity contribution in [2.45, 2.75) is 58.4 Å². The van der Waals surface area contributed by atoms with Crippen LogP contribution in [-0.2, 0) is 4.79 Å². The van der Waals surface area contributed by atoms with Crippen LogP contribution in [-0.4, -0.2) is 37.4 Å². The topological polar surface area (TPSA) is 132 Å². The van der Waals surface area contributed by atoms with E-state index in [4.69, 9.17) is 11.0 Å². The molecule has 6 rings (SSSR count). The van der Waals surface area contributed by atoms with Crippen molar-refractivity contribution in [2.24, 2.45) is 34.3 Å². The Morgan fingerprint density at radius 3 is 2.65 bits per heavy atom. The van der Waals surface area contributed by atoms with Gasteiger partial charge >= 0.3 is 0 Å². The first kappa shape index (κ1) is 22.4. The van der Waals surface area contributed by atoms with Crippen LogP contribution >= 0.6 is 0 Å². The highest BCUT2D eigenvalue weighted by Gasteiger charge is 2.58. The number of primary amides is 1. The van der Waals surface area contributed by atoms with E-state index in [-0.39, 0.29) is 40.5 Å². The number of rotatable bonds is 7. The van der Waals surface area contributed by atoms with Gasteiger partial charge in [0.05, 0.1) is 12.3 Å². The maximum atomic E-state index is 13.5. The van der Waals surface area contributed by atoms with Crippen molar-refractivity contribution in [1.82, 2.24) is 24.9 Å². The van der Waals surface area contributed by atoms with Gasteiger partial charge in [0.1, 0.15) is 5.56 Å². The van der Waals surface area contributed by atoms with Crippen LogP contribution in [0.3, 0.4) is 0 Å². The molecule has 0 aromatic carbocycles. The molecule has 3 N–H and O–H groups in total. The number of amides is 2. The number of nitriles is 1. The van der Waals surface area contributed by atoms with Crippen molar-refractivity contribution in [2.75, 3.05) is 0 Å². The number of nitrogens with zero attached hydrogens (tertiary/aromatic N) is 5. The van der Waals surface area contributed by atoms with Gasteiger partial charge in [-0.1, -0.05) is 19.9 Å². The van der Waals surface area contributed by atoms with Crippen LogP contribution < -0.4 is 11.1 Å². The molecule has 0 radical (unpaired) electrons. The molecule has 0 aliphatic heterocycles. The number of carbonyl (C=O) groups is 2. The Balaban J connectivity index is 1.41. The van der Waals surface area contributed by atoms with E-state index in [0.29, 0.717) is 23.7 Å². The second-order valence-corrected chi connectivity index (χ2v) is 11.0. The second-order valence-electron chi connectivity index (χ2n) is 11.0. The number of aromatic nitrogens is 4. The van der Waals surface area contributed by atoms with E-state index in [1.54, 1.807) is 40.2 Å². The number of carbonyl (C=O) groups excluding carboxylic acids is 2. The highest BCUT2D eigenvalue weighted by Crippen LogP contribution is 2.59. The largest absolute Gasteiger partial charge is 0.369 e. The Morgan fingerprint density at radius 1 is 1.29 bits per heavy atom. The Morgan fingerprint density at radius 2 is 2.03 bits per heavy atom. The first-order chi connectivity index (χ1) is 16.2. The van der Waals surface area contributed by atoms with Crippen molar-refractivity contribution >= 4 is 18.0 Å². The molecule has 2 aromatic rings. The Kier molecular flexibility index (Phi) is 5.34. The lowest BCUT2D eigenvalue weighted by molar-refractivity contribution is -0.145. The molecular weight excluding hydrogens is 430 g/mol. The fourth-order valence-electron chi connectivity index (χ4n) is 6.57. The highest BCUT2D eigenvalue weighted by molar-refractivity contribution is 5.97. The van der Waals surface area contributed by atoms with Crippen LogP contribution in [0.2, 0.25) is 0 Å².